The Bertz CT molecular complexity index is 798. The van der Waals surface area contributed by atoms with Crippen LogP contribution >= 0.6 is 44.3 Å². The molecule has 7 nitrogen and oxygen atoms in total. The SMILES string of the molecule is CCCn1c(N2CCCC(N)C2)nc2c([N+](=O)[O-])c(Br)c(Br)cc21.Cl. The Labute approximate surface area is 168 Å². The lowest BCUT2D eigenvalue weighted by atomic mass is 10.1. The van der Waals surface area contributed by atoms with Crippen LogP contribution in [-0.4, -0.2) is 33.6 Å². The van der Waals surface area contributed by atoms with E-state index in [4.69, 9.17) is 5.73 Å². The third-order valence-corrected chi connectivity index (χ3v) is 6.22. The first-order valence-corrected chi connectivity index (χ1v) is 9.55. The number of halogens is 3. The molecule has 0 radical (unpaired) electrons. The Morgan fingerprint density at radius 2 is 2.20 bits per heavy atom. The van der Waals surface area contributed by atoms with Gasteiger partial charge in [-0.05, 0) is 57.2 Å². The van der Waals surface area contributed by atoms with Gasteiger partial charge in [-0.3, -0.25) is 10.1 Å². The fraction of sp³-hybridized carbons (Fsp3) is 0.533. The molecule has 0 aliphatic carbocycles. The monoisotopic (exact) mass is 495 g/mol. The summed E-state index contributed by atoms with van der Waals surface area (Å²) < 4.78 is 3.14. The number of aromatic nitrogens is 2. The normalized spacial score (nSPS) is 17.6. The van der Waals surface area contributed by atoms with Gasteiger partial charge < -0.3 is 15.2 Å². The van der Waals surface area contributed by atoms with Crippen LogP contribution in [0.25, 0.3) is 11.0 Å². The van der Waals surface area contributed by atoms with E-state index in [9.17, 15) is 10.1 Å². The molecule has 1 aliphatic rings. The van der Waals surface area contributed by atoms with Crippen LogP contribution in [0.3, 0.4) is 0 Å². The van der Waals surface area contributed by atoms with Crippen molar-refractivity contribution in [3.8, 4) is 0 Å². The smallest absolute Gasteiger partial charge is 0.312 e. The molecule has 10 heteroatoms. The van der Waals surface area contributed by atoms with Crippen LogP contribution in [0.1, 0.15) is 26.2 Å². The lowest BCUT2D eigenvalue weighted by Crippen LogP contribution is -2.44. The van der Waals surface area contributed by atoms with E-state index in [1.807, 2.05) is 6.07 Å². The molecule has 1 aliphatic heterocycles. The second-order valence-corrected chi connectivity index (χ2v) is 7.70. The number of nitro groups is 1. The molecule has 3 rings (SSSR count). The van der Waals surface area contributed by atoms with Crippen molar-refractivity contribution in [2.24, 2.45) is 5.73 Å². The second kappa shape index (κ2) is 8.20. The quantitative estimate of drug-likeness (QED) is 0.504. The first kappa shape index (κ1) is 20.4. The summed E-state index contributed by atoms with van der Waals surface area (Å²) in [7, 11) is 0. The average Bonchev–Trinajstić information content (AvgIpc) is 2.86. The van der Waals surface area contributed by atoms with Crippen LogP contribution in [0.4, 0.5) is 11.6 Å². The summed E-state index contributed by atoms with van der Waals surface area (Å²) in [5.41, 5.74) is 7.29. The minimum Gasteiger partial charge on any atom is -0.341 e. The Morgan fingerprint density at radius 3 is 2.80 bits per heavy atom. The molecule has 2 aromatic rings. The average molecular weight is 498 g/mol. The van der Waals surface area contributed by atoms with Gasteiger partial charge in [-0.2, -0.15) is 0 Å². The van der Waals surface area contributed by atoms with Gasteiger partial charge in [0.15, 0.2) is 5.52 Å². The first-order valence-electron chi connectivity index (χ1n) is 7.97. The number of aryl methyl sites for hydroxylation is 1. The highest BCUT2D eigenvalue weighted by molar-refractivity contribution is 9.13. The molecule has 0 amide bonds. The highest BCUT2D eigenvalue weighted by Gasteiger charge is 2.28. The Hall–Kier alpha value is -0.900. The zero-order valence-electron chi connectivity index (χ0n) is 13.7. The summed E-state index contributed by atoms with van der Waals surface area (Å²) in [5.74, 6) is 0.773. The van der Waals surface area contributed by atoms with E-state index in [1.54, 1.807) is 0 Å². The van der Waals surface area contributed by atoms with Crippen LogP contribution in [0.15, 0.2) is 15.0 Å². The number of hydrogen-bond acceptors (Lipinski definition) is 5. The zero-order chi connectivity index (χ0) is 17.4. The summed E-state index contributed by atoms with van der Waals surface area (Å²) >= 11 is 6.72. The second-order valence-electron chi connectivity index (χ2n) is 6.06. The number of hydrogen-bond donors (Lipinski definition) is 1. The number of nitrogens with two attached hydrogens (primary N) is 1. The molecule has 25 heavy (non-hydrogen) atoms. The lowest BCUT2D eigenvalue weighted by Gasteiger charge is -2.31. The number of piperidine rings is 1. The largest absolute Gasteiger partial charge is 0.341 e. The number of nitrogens with zero attached hydrogens (tertiary/aromatic N) is 4. The molecule has 1 aromatic heterocycles. The molecule has 138 valence electrons. The maximum Gasteiger partial charge on any atom is 0.312 e. The molecule has 1 fully saturated rings. The van der Waals surface area contributed by atoms with Crippen LogP contribution < -0.4 is 10.6 Å². The minimum atomic E-state index is -0.383. The number of fused-ring (bicyclic) bond motifs is 1. The van der Waals surface area contributed by atoms with E-state index in [-0.39, 0.29) is 29.1 Å². The Balaban J connectivity index is 0.00000225. The van der Waals surface area contributed by atoms with Crippen molar-refractivity contribution < 1.29 is 4.92 Å². The molecule has 0 saturated carbocycles. The molecule has 0 bridgehead atoms. The summed E-state index contributed by atoms with van der Waals surface area (Å²) in [6.45, 7) is 4.43. The third-order valence-electron chi connectivity index (χ3n) is 4.26. The van der Waals surface area contributed by atoms with Crippen molar-refractivity contribution in [1.29, 1.82) is 0 Å². The molecule has 1 saturated heterocycles. The van der Waals surface area contributed by atoms with E-state index < -0.39 is 0 Å². The van der Waals surface area contributed by atoms with E-state index >= 15 is 0 Å². The molecule has 1 unspecified atom stereocenters. The van der Waals surface area contributed by atoms with Gasteiger partial charge in [0.05, 0.1) is 10.4 Å². The van der Waals surface area contributed by atoms with Gasteiger partial charge in [0.2, 0.25) is 5.95 Å². The molecule has 0 spiro atoms. The highest BCUT2D eigenvalue weighted by Crippen LogP contribution is 2.40. The number of imidazole rings is 1. The summed E-state index contributed by atoms with van der Waals surface area (Å²) in [4.78, 5) is 18.0. The van der Waals surface area contributed by atoms with E-state index in [0.29, 0.717) is 14.5 Å². The van der Waals surface area contributed by atoms with Gasteiger partial charge in [0, 0.05) is 30.1 Å². The molecule has 2 N–H and O–H groups in total. The van der Waals surface area contributed by atoms with Gasteiger partial charge >= 0.3 is 5.69 Å². The Morgan fingerprint density at radius 1 is 1.48 bits per heavy atom. The standard InChI is InChI=1S/C15H19Br2N5O2.ClH/c1-2-5-21-11-7-10(16)12(17)14(22(23)24)13(11)19-15(21)20-6-3-4-9(18)8-20;/h7,9H,2-6,8,18H2,1H3;1H. The zero-order valence-corrected chi connectivity index (χ0v) is 17.7. The van der Waals surface area contributed by atoms with Gasteiger partial charge in [0.1, 0.15) is 4.47 Å². The van der Waals surface area contributed by atoms with Crippen LogP contribution in [0.5, 0.6) is 0 Å². The van der Waals surface area contributed by atoms with Crippen molar-refractivity contribution in [1.82, 2.24) is 9.55 Å². The summed E-state index contributed by atoms with van der Waals surface area (Å²) in [5, 5.41) is 11.6. The maximum absolute atomic E-state index is 11.6. The number of nitro benzene ring substituents is 1. The van der Waals surface area contributed by atoms with Crippen LogP contribution in [-0.2, 0) is 6.54 Å². The maximum atomic E-state index is 11.6. The van der Waals surface area contributed by atoms with Crippen molar-refractivity contribution >= 4 is 66.9 Å². The lowest BCUT2D eigenvalue weighted by molar-refractivity contribution is -0.384. The van der Waals surface area contributed by atoms with E-state index in [1.165, 1.54) is 0 Å². The van der Waals surface area contributed by atoms with E-state index in [2.05, 4.69) is 53.2 Å². The molecule has 2 heterocycles. The molecular formula is C15H20Br2ClN5O2. The van der Waals surface area contributed by atoms with Gasteiger partial charge in [-0.15, -0.1) is 12.4 Å². The number of anilines is 1. The van der Waals surface area contributed by atoms with Crippen molar-refractivity contribution in [3.63, 3.8) is 0 Å². The van der Waals surface area contributed by atoms with Gasteiger partial charge in [-0.25, -0.2) is 4.98 Å². The fourth-order valence-corrected chi connectivity index (χ4v) is 4.07. The summed E-state index contributed by atoms with van der Waals surface area (Å²) in [6, 6.07) is 2.00. The van der Waals surface area contributed by atoms with Crippen LogP contribution in [0, 0.1) is 10.1 Å². The summed E-state index contributed by atoms with van der Waals surface area (Å²) in [6.07, 6.45) is 2.92. The predicted octanol–water partition coefficient (Wildman–Crippen LogP) is 4.23. The molecular weight excluding hydrogens is 477 g/mol. The van der Waals surface area contributed by atoms with Crippen molar-refractivity contribution in [3.05, 3.63) is 25.1 Å². The van der Waals surface area contributed by atoms with Crippen molar-refractivity contribution in [2.45, 2.75) is 38.8 Å². The first-order chi connectivity index (χ1) is 11.4. The third kappa shape index (κ3) is 3.79. The van der Waals surface area contributed by atoms with E-state index in [0.717, 1.165) is 50.4 Å². The molecule has 1 aromatic carbocycles. The number of rotatable bonds is 4. The highest BCUT2D eigenvalue weighted by atomic mass is 79.9. The van der Waals surface area contributed by atoms with Crippen molar-refractivity contribution in [2.75, 3.05) is 18.0 Å². The topological polar surface area (TPSA) is 90.2 Å². The predicted molar refractivity (Wildman–Crippen MR) is 109 cm³/mol. The minimum absolute atomic E-state index is 0. The molecule has 1 atom stereocenters. The Kier molecular flexibility index (Phi) is 6.69. The van der Waals surface area contributed by atoms with Crippen LogP contribution in [0.2, 0.25) is 0 Å². The fourth-order valence-electron chi connectivity index (χ4n) is 3.22. The number of benzene rings is 1. The van der Waals surface area contributed by atoms with Gasteiger partial charge in [-0.1, -0.05) is 6.92 Å². The van der Waals surface area contributed by atoms with Gasteiger partial charge in [0.25, 0.3) is 0 Å².